The minimum atomic E-state index is -3.47. The summed E-state index contributed by atoms with van der Waals surface area (Å²) in [7, 11) is -3.47. The summed E-state index contributed by atoms with van der Waals surface area (Å²) in [6.07, 6.45) is 1.48. The van der Waals surface area contributed by atoms with E-state index < -0.39 is 10.0 Å². The van der Waals surface area contributed by atoms with E-state index in [2.05, 4.69) is 9.71 Å². The van der Waals surface area contributed by atoms with Gasteiger partial charge in [0, 0.05) is 6.20 Å². The quantitative estimate of drug-likeness (QED) is 0.789. The molecule has 0 bridgehead atoms. The van der Waals surface area contributed by atoms with Gasteiger partial charge in [0.25, 0.3) is 0 Å². The van der Waals surface area contributed by atoms with Gasteiger partial charge in [-0.1, -0.05) is 0 Å². The molecule has 0 unspecified atom stereocenters. The Kier molecular flexibility index (Phi) is 4.71. The average Bonchev–Trinajstić information content (AvgIpc) is 2.20. The van der Waals surface area contributed by atoms with E-state index in [-0.39, 0.29) is 24.3 Å². The molecule has 0 aliphatic rings. The van der Waals surface area contributed by atoms with Crippen LogP contribution in [0.2, 0.25) is 0 Å². The van der Waals surface area contributed by atoms with Crippen LogP contribution < -0.4 is 10.5 Å². The second kappa shape index (κ2) is 5.83. The SMILES string of the molecule is CC(C)OCCS(=O)(=O)Nc1ncccc1N. The van der Waals surface area contributed by atoms with Gasteiger partial charge in [-0.15, -0.1) is 0 Å². The van der Waals surface area contributed by atoms with Crippen LogP contribution in [0.5, 0.6) is 0 Å². The number of nitrogen functional groups attached to an aromatic ring is 1. The number of aromatic nitrogens is 1. The van der Waals surface area contributed by atoms with Gasteiger partial charge in [-0.25, -0.2) is 13.4 Å². The fraction of sp³-hybridized carbons (Fsp3) is 0.500. The third-order valence-electron chi connectivity index (χ3n) is 1.89. The summed E-state index contributed by atoms with van der Waals surface area (Å²) in [5, 5.41) is 0. The van der Waals surface area contributed by atoms with Crippen LogP contribution in [-0.4, -0.2) is 31.9 Å². The number of ether oxygens (including phenoxy) is 1. The van der Waals surface area contributed by atoms with E-state index in [0.29, 0.717) is 5.69 Å². The molecule has 0 aliphatic carbocycles. The molecule has 1 aromatic heterocycles. The summed E-state index contributed by atoms with van der Waals surface area (Å²) >= 11 is 0. The Morgan fingerprint density at radius 3 is 2.82 bits per heavy atom. The predicted octanol–water partition coefficient (Wildman–Crippen LogP) is 0.830. The number of pyridine rings is 1. The number of hydrogen-bond acceptors (Lipinski definition) is 5. The van der Waals surface area contributed by atoms with Crippen LogP contribution in [0.1, 0.15) is 13.8 Å². The highest BCUT2D eigenvalue weighted by Gasteiger charge is 2.13. The van der Waals surface area contributed by atoms with Crippen molar-refractivity contribution < 1.29 is 13.2 Å². The standard InChI is InChI=1S/C10H17N3O3S/c1-8(2)16-6-7-17(14,15)13-10-9(11)4-3-5-12-10/h3-5,8H,6-7,11H2,1-2H3,(H,12,13). The number of rotatable bonds is 6. The summed E-state index contributed by atoms with van der Waals surface area (Å²) in [6, 6.07) is 3.21. The lowest BCUT2D eigenvalue weighted by Crippen LogP contribution is -2.22. The predicted molar refractivity (Wildman–Crippen MR) is 67.1 cm³/mol. The Bertz CT molecular complexity index is 460. The van der Waals surface area contributed by atoms with Gasteiger partial charge in [-0.3, -0.25) is 4.72 Å². The van der Waals surface area contributed by atoms with Crippen LogP contribution in [-0.2, 0) is 14.8 Å². The minimum Gasteiger partial charge on any atom is -0.396 e. The molecule has 3 N–H and O–H groups in total. The molecule has 0 amide bonds. The Balaban J connectivity index is 2.58. The summed E-state index contributed by atoms with van der Waals surface area (Å²) in [6.45, 7) is 3.83. The fourth-order valence-electron chi connectivity index (χ4n) is 1.09. The van der Waals surface area contributed by atoms with Gasteiger partial charge in [0.05, 0.1) is 24.2 Å². The van der Waals surface area contributed by atoms with E-state index in [4.69, 9.17) is 10.5 Å². The molecule has 0 atom stereocenters. The number of nitrogens with one attached hydrogen (secondary N) is 1. The van der Waals surface area contributed by atoms with Gasteiger partial charge in [0.1, 0.15) is 0 Å². The molecule has 0 saturated heterocycles. The van der Waals surface area contributed by atoms with E-state index in [1.54, 1.807) is 12.1 Å². The van der Waals surface area contributed by atoms with Gasteiger partial charge in [0.2, 0.25) is 10.0 Å². The smallest absolute Gasteiger partial charge is 0.236 e. The van der Waals surface area contributed by atoms with Gasteiger partial charge < -0.3 is 10.5 Å². The van der Waals surface area contributed by atoms with Crippen LogP contribution in [0.15, 0.2) is 18.3 Å². The fourth-order valence-corrected chi connectivity index (χ4v) is 1.98. The maximum Gasteiger partial charge on any atom is 0.236 e. The van der Waals surface area contributed by atoms with E-state index in [1.807, 2.05) is 13.8 Å². The molecule has 0 saturated carbocycles. The zero-order valence-electron chi connectivity index (χ0n) is 9.88. The minimum absolute atomic E-state index is 0.00474. The molecule has 0 radical (unpaired) electrons. The first-order chi connectivity index (χ1) is 7.91. The molecule has 1 aromatic rings. The first-order valence-corrected chi connectivity index (χ1v) is 6.88. The van der Waals surface area contributed by atoms with Crippen LogP contribution in [0.4, 0.5) is 11.5 Å². The van der Waals surface area contributed by atoms with Crippen molar-refractivity contribution in [1.29, 1.82) is 0 Å². The monoisotopic (exact) mass is 259 g/mol. The molecule has 0 aromatic carbocycles. The molecule has 6 nitrogen and oxygen atoms in total. The molecular weight excluding hydrogens is 242 g/mol. The van der Waals surface area contributed by atoms with Crippen LogP contribution in [0.3, 0.4) is 0 Å². The highest BCUT2D eigenvalue weighted by atomic mass is 32.2. The van der Waals surface area contributed by atoms with Crippen molar-refractivity contribution in [3.63, 3.8) is 0 Å². The number of sulfonamides is 1. The van der Waals surface area contributed by atoms with Crippen molar-refractivity contribution in [2.24, 2.45) is 0 Å². The van der Waals surface area contributed by atoms with Crippen molar-refractivity contribution in [3.05, 3.63) is 18.3 Å². The Labute approximate surface area is 101 Å². The number of nitrogens with zero attached hydrogens (tertiary/aromatic N) is 1. The molecular formula is C10H17N3O3S. The lowest BCUT2D eigenvalue weighted by atomic mass is 10.4. The van der Waals surface area contributed by atoms with Crippen molar-refractivity contribution in [1.82, 2.24) is 4.98 Å². The first kappa shape index (κ1) is 13.7. The highest BCUT2D eigenvalue weighted by molar-refractivity contribution is 7.92. The van der Waals surface area contributed by atoms with Crippen molar-refractivity contribution in [3.8, 4) is 0 Å². The zero-order chi connectivity index (χ0) is 12.9. The average molecular weight is 259 g/mol. The normalized spacial score (nSPS) is 11.7. The summed E-state index contributed by atoms with van der Waals surface area (Å²) < 4.78 is 30.8. The Morgan fingerprint density at radius 2 is 2.24 bits per heavy atom. The molecule has 0 spiro atoms. The summed E-state index contributed by atoms with van der Waals surface area (Å²) in [5.41, 5.74) is 5.88. The molecule has 1 rings (SSSR count). The third kappa shape index (κ3) is 5.01. The van der Waals surface area contributed by atoms with Crippen molar-refractivity contribution in [2.45, 2.75) is 20.0 Å². The first-order valence-electron chi connectivity index (χ1n) is 5.23. The van der Waals surface area contributed by atoms with Crippen LogP contribution in [0.25, 0.3) is 0 Å². The maximum absolute atomic E-state index is 11.6. The van der Waals surface area contributed by atoms with Crippen LogP contribution >= 0.6 is 0 Å². The topological polar surface area (TPSA) is 94.3 Å². The lowest BCUT2D eigenvalue weighted by Gasteiger charge is -2.10. The summed E-state index contributed by atoms with van der Waals surface area (Å²) in [5.74, 6) is 0.0262. The largest absolute Gasteiger partial charge is 0.396 e. The maximum atomic E-state index is 11.6. The second-order valence-electron chi connectivity index (χ2n) is 3.78. The van der Waals surface area contributed by atoms with Gasteiger partial charge in [-0.2, -0.15) is 0 Å². The molecule has 0 fully saturated rings. The van der Waals surface area contributed by atoms with Crippen LogP contribution in [0, 0.1) is 0 Å². The van der Waals surface area contributed by atoms with E-state index in [0.717, 1.165) is 0 Å². The zero-order valence-corrected chi connectivity index (χ0v) is 10.7. The molecule has 0 aliphatic heterocycles. The second-order valence-corrected chi connectivity index (χ2v) is 5.62. The molecule has 1 heterocycles. The van der Waals surface area contributed by atoms with Gasteiger partial charge in [-0.05, 0) is 26.0 Å². The highest BCUT2D eigenvalue weighted by Crippen LogP contribution is 2.14. The Morgan fingerprint density at radius 1 is 1.53 bits per heavy atom. The number of anilines is 2. The molecule has 17 heavy (non-hydrogen) atoms. The van der Waals surface area contributed by atoms with Gasteiger partial charge in [0.15, 0.2) is 5.82 Å². The molecule has 96 valence electrons. The summed E-state index contributed by atoms with van der Waals surface area (Å²) in [4.78, 5) is 3.85. The van der Waals surface area contributed by atoms with Crippen molar-refractivity contribution >= 4 is 21.5 Å². The number of hydrogen-bond donors (Lipinski definition) is 2. The number of nitrogens with two attached hydrogens (primary N) is 1. The Hall–Kier alpha value is -1.34. The molecule has 7 heteroatoms. The van der Waals surface area contributed by atoms with E-state index >= 15 is 0 Å². The van der Waals surface area contributed by atoms with E-state index in [9.17, 15) is 8.42 Å². The van der Waals surface area contributed by atoms with Crippen molar-refractivity contribution in [2.75, 3.05) is 22.8 Å². The lowest BCUT2D eigenvalue weighted by molar-refractivity contribution is 0.0913. The van der Waals surface area contributed by atoms with Gasteiger partial charge >= 0.3 is 0 Å². The third-order valence-corrected chi connectivity index (χ3v) is 3.10. The van der Waals surface area contributed by atoms with E-state index in [1.165, 1.54) is 6.20 Å².